The van der Waals surface area contributed by atoms with Gasteiger partial charge < -0.3 is 15.5 Å². The summed E-state index contributed by atoms with van der Waals surface area (Å²) in [6, 6.07) is 8.53. The van der Waals surface area contributed by atoms with E-state index in [1.807, 2.05) is 12.1 Å². The van der Waals surface area contributed by atoms with Gasteiger partial charge in [0.1, 0.15) is 0 Å². The van der Waals surface area contributed by atoms with E-state index in [4.69, 9.17) is 0 Å². The average molecular weight is 315 g/mol. The third-order valence-electron chi connectivity index (χ3n) is 5.09. The van der Waals surface area contributed by atoms with E-state index in [0.29, 0.717) is 6.04 Å². The van der Waals surface area contributed by atoms with E-state index >= 15 is 0 Å². The van der Waals surface area contributed by atoms with Gasteiger partial charge in [0.15, 0.2) is 0 Å². The molecule has 1 saturated carbocycles. The molecule has 0 aromatic heterocycles. The van der Waals surface area contributed by atoms with Crippen molar-refractivity contribution in [2.24, 2.45) is 5.92 Å². The molecule has 2 fully saturated rings. The molecule has 0 spiro atoms. The van der Waals surface area contributed by atoms with Crippen molar-refractivity contribution < 1.29 is 4.79 Å². The monoisotopic (exact) mass is 315 g/mol. The smallest absolute Gasteiger partial charge is 0.319 e. The Hall–Kier alpha value is -1.71. The largest absolute Gasteiger partial charge is 0.371 e. The average Bonchev–Trinajstić information content (AvgIpc) is 2.56. The van der Waals surface area contributed by atoms with Gasteiger partial charge in [-0.3, -0.25) is 0 Å². The summed E-state index contributed by atoms with van der Waals surface area (Å²) in [7, 11) is 0. The van der Waals surface area contributed by atoms with Gasteiger partial charge in [0.05, 0.1) is 0 Å². The van der Waals surface area contributed by atoms with Crippen molar-refractivity contribution in [3.63, 3.8) is 0 Å². The van der Waals surface area contributed by atoms with Gasteiger partial charge in [-0.05, 0) is 55.9 Å². The second-order valence-electron chi connectivity index (χ2n) is 7.17. The van der Waals surface area contributed by atoms with Gasteiger partial charge in [-0.1, -0.05) is 26.2 Å². The highest BCUT2D eigenvalue weighted by Crippen LogP contribution is 2.24. The van der Waals surface area contributed by atoms with Crippen molar-refractivity contribution in [1.29, 1.82) is 0 Å². The number of benzene rings is 1. The first-order valence-corrected chi connectivity index (χ1v) is 9.13. The number of urea groups is 1. The molecule has 2 N–H and O–H groups in total. The number of hydrogen-bond donors (Lipinski definition) is 2. The van der Waals surface area contributed by atoms with E-state index in [1.54, 1.807) is 0 Å². The summed E-state index contributed by atoms with van der Waals surface area (Å²) in [5, 5.41) is 6.05. The maximum atomic E-state index is 12.1. The molecule has 1 atom stereocenters. The fourth-order valence-corrected chi connectivity index (χ4v) is 3.78. The molecule has 1 aliphatic heterocycles. The molecule has 1 unspecified atom stereocenters. The third kappa shape index (κ3) is 4.63. The van der Waals surface area contributed by atoms with Gasteiger partial charge in [0, 0.05) is 30.5 Å². The van der Waals surface area contributed by atoms with Gasteiger partial charge in [-0.15, -0.1) is 0 Å². The van der Waals surface area contributed by atoms with Crippen molar-refractivity contribution in [3.05, 3.63) is 24.3 Å². The van der Waals surface area contributed by atoms with Gasteiger partial charge in [-0.2, -0.15) is 0 Å². The normalized spacial score (nSPS) is 22.7. The zero-order valence-electron chi connectivity index (χ0n) is 14.2. The minimum Gasteiger partial charge on any atom is -0.371 e. The SMILES string of the molecule is CC1CCCN(c2ccc(NC(=O)NC3CCCCC3)cc2)C1. The Kier molecular flexibility index (Phi) is 5.42. The number of piperidine rings is 1. The maximum Gasteiger partial charge on any atom is 0.319 e. The number of hydrogen-bond acceptors (Lipinski definition) is 2. The van der Waals surface area contributed by atoms with Gasteiger partial charge in [0.25, 0.3) is 0 Å². The second-order valence-corrected chi connectivity index (χ2v) is 7.17. The van der Waals surface area contributed by atoms with Crippen LogP contribution in [0.1, 0.15) is 51.9 Å². The summed E-state index contributed by atoms with van der Waals surface area (Å²) in [6.07, 6.45) is 8.58. The first-order chi connectivity index (χ1) is 11.2. The highest BCUT2D eigenvalue weighted by molar-refractivity contribution is 5.89. The van der Waals surface area contributed by atoms with Crippen LogP contribution in [-0.2, 0) is 0 Å². The zero-order chi connectivity index (χ0) is 16.1. The minimum absolute atomic E-state index is 0.0729. The summed E-state index contributed by atoms with van der Waals surface area (Å²) < 4.78 is 0. The summed E-state index contributed by atoms with van der Waals surface area (Å²) in [6.45, 7) is 4.59. The maximum absolute atomic E-state index is 12.1. The number of rotatable bonds is 3. The van der Waals surface area contributed by atoms with Gasteiger partial charge >= 0.3 is 6.03 Å². The van der Waals surface area contributed by atoms with Crippen LogP contribution in [0.2, 0.25) is 0 Å². The molecule has 0 bridgehead atoms. The van der Waals surface area contributed by atoms with Crippen molar-refractivity contribution in [2.45, 2.75) is 57.9 Å². The Morgan fingerprint density at radius 2 is 1.78 bits per heavy atom. The number of carbonyl (C=O) groups excluding carboxylic acids is 1. The van der Waals surface area contributed by atoms with E-state index in [1.165, 1.54) is 37.8 Å². The van der Waals surface area contributed by atoms with Crippen LogP contribution in [0.4, 0.5) is 16.2 Å². The number of carbonyl (C=O) groups is 1. The van der Waals surface area contributed by atoms with Crippen LogP contribution < -0.4 is 15.5 Å². The highest BCUT2D eigenvalue weighted by atomic mass is 16.2. The van der Waals surface area contributed by atoms with E-state index in [2.05, 4.69) is 34.6 Å². The predicted octanol–water partition coefficient (Wildman–Crippen LogP) is 4.38. The Morgan fingerprint density at radius 3 is 2.48 bits per heavy atom. The number of amides is 2. The number of anilines is 2. The molecule has 1 aliphatic carbocycles. The van der Waals surface area contributed by atoms with E-state index < -0.39 is 0 Å². The molecule has 0 radical (unpaired) electrons. The fourth-order valence-electron chi connectivity index (χ4n) is 3.78. The first-order valence-electron chi connectivity index (χ1n) is 9.13. The van der Waals surface area contributed by atoms with Crippen LogP contribution in [0.5, 0.6) is 0 Å². The minimum atomic E-state index is -0.0729. The van der Waals surface area contributed by atoms with Crippen molar-refractivity contribution >= 4 is 17.4 Å². The Labute approximate surface area is 139 Å². The lowest BCUT2D eigenvalue weighted by atomic mass is 9.96. The Balaban J connectivity index is 1.51. The molecule has 4 nitrogen and oxygen atoms in total. The molecule has 4 heteroatoms. The van der Waals surface area contributed by atoms with E-state index in [-0.39, 0.29) is 6.03 Å². The topological polar surface area (TPSA) is 44.4 Å². The van der Waals surface area contributed by atoms with Crippen LogP contribution in [0.25, 0.3) is 0 Å². The van der Waals surface area contributed by atoms with E-state index in [9.17, 15) is 4.79 Å². The molecule has 1 heterocycles. The molecule has 1 aromatic carbocycles. The molecule has 1 aromatic rings. The Bertz CT molecular complexity index is 508. The predicted molar refractivity (Wildman–Crippen MR) is 96.1 cm³/mol. The second kappa shape index (κ2) is 7.71. The van der Waals surface area contributed by atoms with Crippen molar-refractivity contribution in [3.8, 4) is 0 Å². The van der Waals surface area contributed by atoms with Crippen LogP contribution in [-0.4, -0.2) is 25.2 Å². The highest BCUT2D eigenvalue weighted by Gasteiger charge is 2.17. The van der Waals surface area contributed by atoms with Crippen LogP contribution in [0, 0.1) is 5.92 Å². The summed E-state index contributed by atoms with van der Waals surface area (Å²) in [4.78, 5) is 14.5. The van der Waals surface area contributed by atoms with Crippen LogP contribution >= 0.6 is 0 Å². The summed E-state index contributed by atoms with van der Waals surface area (Å²) >= 11 is 0. The molecule has 1 saturated heterocycles. The van der Waals surface area contributed by atoms with Gasteiger partial charge in [0.2, 0.25) is 0 Å². The zero-order valence-corrected chi connectivity index (χ0v) is 14.2. The van der Waals surface area contributed by atoms with Gasteiger partial charge in [-0.25, -0.2) is 4.79 Å². The van der Waals surface area contributed by atoms with E-state index in [0.717, 1.165) is 37.5 Å². The molecular weight excluding hydrogens is 286 g/mol. The molecule has 2 aliphatic rings. The summed E-state index contributed by atoms with van der Waals surface area (Å²) in [5.74, 6) is 0.767. The molecule has 2 amide bonds. The Morgan fingerprint density at radius 1 is 1.04 bits per heavy atom. The molecule has 126 valence electrons. The molecule has 3 rings (SSSR count). The first kappa shape index (κ1) is 16.2. The number of nitrogens with one attached hydrogen (secondary N) is 2. The standard InChI is InChI=1S/C19H29N3O/c1-15-6-5-13-22(14-15)18-11-9-17(10-12-18)21-19(23)20-16-7-3-2-4-8-16/h9-12,15-16H,2-8,13-14H2,1H3,(H2,20,21,23). The lowest BCUT2D eigenvalue weighted by Crippen LogP contribution is -2.39. The number of nitrogens with zero attached hydrogens (tertiary/aromatic N) is 1. The summed E-state index contributed by atoms with van der Waals surface area (Å²) in [5.41, 5.74) is 2.13. The lowest BCUT2D eigenvalue weighted by Gasteiger charge is -2.32. The quantitative estimate of drug-likeness (QED) is 0.869. The fraction of sp³-hybridized carbons (Fsp3) is 0.632. The van der Waals surface area contributed by atoms with Crippen LogP contribution in [0.3, 0.4) is 0 Å². The molecule has 23 heavy (non-hydrogen) atoms. The third-order valence-corrected chi connectivity index (χ3v) is 5.09. The van der Waals surface area contributed by atoms with Crippen LogP contribution in [0.15, 0.2) is 24.3 Å². The van der Waals surface area contributed by atoms with Crippen molar-refractivity contribution in [2.75, 3.05) is 23.3 Å². The lowest BCUT2D eigenvalue weighted by molar-refractivity contribution is 0.244. The molecular formula is C19H29N3O. The van der Waals surface area contributed by atoms with Crippen molar-refractivity contribution in [1.82, 2.24) is 5.32 Å².